The Balaban J connectivity index is 2.83. The summed E-state index contributed by atoms with van der Waals surface area (Å²) in [6.45, 7) is 0.125. The van der Waals surface area contributed by atoms with Gasteiger partial charge >= 0.3 is 5.97 Å². The summed E-state index contributed by atoms with van der Waals surface area (Å²) >= 11 is 0. The van der Waals surface area contributed by atoms with E-state index in [1.165, 1.54) is 4.90 Å². The number of terminal acetylenes is 1. The molecule has 0 radical (unpaired) electrons. The van der Waals surface area contributed by atoms with E-state index in [1.54, 1.807) is 24.3 Å². The van der Waals surface area contributed by atoms with E-state index in [4.69, 9.17) is 11.5 Å². The largest absolute Gasteiger partial charge is 0.481 e. The Kier molecular flexibility index (Phi) is 4.77. The molecule has 17 heavy (non-hydrogen) atoms. The number of carbonyl (C=O) groups is 2. The summed E-state index contributed by atoms with van der Waals surface area (Å²) in [7, 11) is 0. The molecule has 0 heterocycles. The highest BCUT2D eigenvalue weighted by Gasteiger charge is 2.15. The molecule has 0 saturated heterocycles. The summed E-state index contributed by atoms with van der Waals surface area (Å²) in [5.74, 6) is 1.06. The summed E-state index contributed by atoms with van der Waals surface area (Å²) in [4.78, 5) is 23.7. The second-order valence-corrected chi connectivity index (χ2v) is 3.41. The normalized spacial score (nSPS) is 9.35. The van der Waals surface area contributed by atoms with Gasteiger partial charge in [-0.2, -0.15) is 0 Å². The first-order chi connectivity index (χ1) is 8.15. The number of carboxylic acids is 1. The molecule has 1 N–H and O–H groups in total. The first kappa shape index (κ1) is 12.8. The van der Waals surface area contributed by atoms with E-state index in [9.17, 15) is 9.59 Å². The maximum atomic E-state index is 11.7. The van der Waals surface area contributed by atoms with Crippen molar-refractivity contribution >= 4 is 17.6 Å². The van der Waals surface area contributed by atoms with Gasteiger partial charge in [0.15, 0.2) is 0 Å². The number of aliphatic carboxylic acids is 1. The average molecular weight is 231 g/mol. The number of carbonyl (C=O) groups excluding carboxylic acids is 1. The summed E-state index contributed by atoms with van der Waals surface area (Å²) < 4.78 is 0. The Morgan fingerprint density at radius 2 is 1.94 bits per heavy atom. The van der Waals surface area contributed by atoms with Crippen molar-refractivity contribution in [1.82, 2.24) is 0 Å². The molecule has 0 fully saturated rings. The predicted octanol–water partition coefficient (Wildman–Crippen LogP) is 1.52. The zero-order valence-corrected chi connectivity index (χ0v) is 9.30. The van der Waals surface area contributed by atoms with Crippen LogP contribution < -0.4 is 4.90 Å². The number of benzene rings is 1. The van der Waals surface area contributed by atoms with E-state index >= 15 is 0 Å². The highest BCUT2D eigenvalue weighted by atomic mass is 16.4. The topological polar surface area (TPSA) is 57.6 Å². The van der Waals surface area contributed by atoms with Crippen LogP contribution in [0.1, 0.15) is 12.8 Å². The predicted molar refractivity (Wildman–Crippen MR) is 64.5 cm³/mol. The van der Waals surface area contributed by atoms with E-state index in [2.05, 4.69) is 5.92 Å². The monoisotopic (exact) mass is 231 g/mol. The number of carboxylic acid groups (broad SMARTS) is 1. The number of para-hydroxylation sites is 1. The maximum Gasteiger partial charge on any atom is 0.305 e. The van der Waals surface area contributed by atoms with Gasteiger partial charge < -0.3 is 10.0 Å². The smallest absolute Gasteiger partial charge is 0.305 e. The third kappa shape index (κ3) is 3.99. The number of amides is 1. The summed E-state index contributed by atoms with van der Waals surface area (Å²) in [6, 6.07) is 8.88. The molecular formula is C13H13NO3. The Hall–Kier alpha value is -2.28. The number of anilines is 1. The molecule has 4 nitrogen and oxygen atoms in total. The van der Waals surface area contributed by atoms with Crippen LogP contribution in [0.25, 0.3) is 0 Å². The van der Waals surface area contributed by atoms with Gasteiger partial charge in [0.2, 0.25) is 5.91 Å². The highest BCUT2D eigenvalue weighted by molar-refractivity contribution is 5.95. The van der Waals surface area contributed by atoms with Gasteiger partial charge in [-0.25, -0.2) is 0 Å². The van der Waals surface area contributed by atoms with Gasteiger partial charge in [0.25, 0.3) is 0 Å². The van der Waals surface area contributed by atoms with Crippen molar-refractivity contribution in [2.75, 3.05) is 11.4 Å². The Morgan fingerprint density at radius 1 is 1.29 bits per heavy atom. The molecule has 0 spiro atoms. The lowest BCUT2D eigenvalue weighted by Crippen LogP contribution is -2.32. The van der Waals surface area contributed by atoms with Crippen LogP contribution in [0.3, 0.4) is 0 Å². The van der Waals surface area contributed by atoms with Crippen molar-refractivity contribution in [3.05, 3.63) is 30.3 Å². The van der Waals surface area contributed by atoms with Gasteiger partial charge in [-0.15, -0.1) is 6.42 Å². The van der Waals surface area contributed by atoms with Crippen LogP contribution in [-0.2, 0) is 9.59 Å². The quantitative estimate of drug-likeness (QED) is 0.781. The van der Waals surface area contributed by atoms with Gasteiger partial charge in [-0.1, -0.05) is 24.1 Å². The zero-order chi connectivity index (χ0) is 12.7. The molecule has 0 aliphatic rings. The fraction of sp³-hybridized carbons (Fsp3) is 0.231. The van der Waals surface area contributed by atoms with Crippen molar-refractivity contribution in [2.24, 2.45) is 0 Å². The molecule has 88 valence electrons. The number of rotatable bonds is 5. The molecule has 0 aliphatic carbocycles. The number of hydrogen-bond acceptors (Lipinski definition) is 2. The third-order valence-corrected chi connectivity index (χ3v) is 2.17. The zero-order valence-electron chi connectivity index (χ0n) is 9.30. The fourth-order valence-corrected chi connectivity index (χ4v) is 1.40. The Labute approximate surface area is 99.9 Å². The van der Waals surface area contributed by atoms with Crippen LogP contribution in [-0.4, -0.2) is 23.5 Å². The first-order valence-corrected chi connectivity index (χ1v) is 5.16. The highest BCUT2D eigenvalue weighted by Crippen LogP contribution is 2.14. The van der Waals surface area contributed by atoms with Crippen LogP contribution in [0.15, 0.2) is 30.3 Å². The van der Waals surface area contributed by atoms with Gasteiger partial charge in [0.1, 0.15) is 0 Å². The number of hydrogen-bond donors (Lipinski definition) is 1. The molecule has 0 aliphatic heterocycles. The SMILES string of the molecule is C#CCC(=O)N(CCC(=O)O)c1ccccc1. The third-order valence-electron chi connectivity index (χ3n) is 2.17. The molecule has 1 rings (SSSR count). The van der Waals surface area contributed by atoms with E-state index in [1.807, 2.05) is 6.07 Å². The van der Waals surface area contributed by atoms with Crippen LogP contribution >= 0.6 is 0 Å². The molecule has 1 amide bonds. The lowest BCUT2D eigenvalue weighted by molar-refractivity contribution is -0.136. The van der Waals surface area contributed by atoms with Crippen LogP contribution in [0.5, 0.6) is 0 Å². The van der Waals surface area contributed by atoms with E-state index < -0.39 is 5.97 Å². The lowest BCUT2D eigenvalue weighted by atomic mass is 10.2. The lowest BCUT2D eigenvalue weighted by Gasteiger charge is -2.21. The fourth-order valence-electron chi connectivity index (χ4n) is 1.40. The van der Waals surface area contributed by atoms with E-state index in [-0.39, 0.29) is 25.3 Å². The van der Waals surface area contributed by atoms with Gasteiger partial charge in [0.05, 0.1) is 12.8 Å². The average Bonchev–Trinajstić information content (AvgIpc) is 2.30. The molecule has 0 atom stereocenters. The molecule has 0 saturated carbocycles. The van der Waals surface area contributed by atoms with E-state index in [0.29, 0.717) is 5.69 Å². The minimum absolute atomic E-state index is 0.0332. The van der Waals surface area contributed by atoms with Crippen molar-refractivity contribution in [1.29, 1.82) is 0 Å². The molecule has 4 heteroatoms. The maximum absolute atomic E-state index is 11.7. The minimum Gasteiger partial charge on any atom is -0.481 e. The molecule has 0 aromatic heterocycles. The van der Waals surface area contributed by atoms with Gasteiger partial charge in [-0.3, -0.25) is 9.59 Å². The summed E-state index contributed by atoms with van der Waals surface area (Å²) in [5, 5.41) is 8.64. The number of nitrogens with zero attached hydrogens (tertiary/aromatic N) is 1. The van der Waals surface area contributed by atoms with Crippen molar-refractivity contribution in [3.63, 3.8) is 0 Å². The standard InChI is InChI=1S/C13H13NO3/c1-2-6-12(15)14(10-9-13(16)17)11-7-4-3-5-8-11/h1,3-5,7-8H,6,9-10H2,(H,16,17). The van der Waals surface area contributed by atoms with Crippen molar-refractivity contribution in [2.45, 2.75) is 12.8 Å². The second kappa shape index (κ2) is 6.33. The van der Waals surface area contributed by atoms with E-state index in [0.717, 1.165) is 0 Å². The van der Waals surface area contributed by atoms with Crippen molar-refractivity contribution < 1.29 is 14.7 Å². The Bertz CT molecular complexity index is 434. The van der Waals surface area contributed by atoms with Gasteiger partial charge in [0, 0.05) is 12.2 Å². The molecule has 0 bridgehead atoms. The van der Waals surface area contributed by atoms with Crippen molar-refractivity contribution in [3.8, 4) is 12.3 Å². The first-order valence-electron chi connectivity index (χ1n) is 5.16. The van der Waals surface area contributed by atoms with Crippen LogP contribution in [0.2, 0.25) is 0 Å². The second-order valence-electron chi connectivity index (χ2n) is 3.41. The molecule has 1 aromatic rings. The Morgan fingerprint density at radius 3 is 2.47 bits per heavy atom. The van der Waals surface area contributed by atoms with Gasteiger partial charge in [-0.05, 0) is 12.1 Å². The molecule has 1 aromatic carbocycles. The summed E-state index contributed by atoms with van der Waals surface area (Å²) in [5.41, 5.74) is 0.661. The molecule has 0 unspecified atom stereocenters. The van der Waals surface area contributed by atoms with Crippen LogP contribution in [0, 0.1) is 12.3 Å². The van der Waals surface area contributed by atoms with Crippen LogP contribution in [0.4, 0.5) is 5.69 Å². The minimum atomic E-state index is -0.945. The molecular weight excluding hydrogens is 218 g/mol. The summed E-state index contributed by atoms with van der Waals surface area (Å²) in [6.07, 6.45) is 4.95.